The molecule has 6 nitrogen and oxygen atoms in total. The summed E-state index contributed by atoms with van der Waals surface area (Å²) < 4.78 is 6.32. The molecule has 0 saturated carbocycles. The molecule has 0 unspecified atom stereocenters. The molecule has 0 atom stereocenters. The summed E-state index contributed by atoms with van der Waals surface area (Å²) in [4.78, 5) is 25.9. The Hall–Kier alpha value is -3.02. The smallest absolute Gasteiger partial charge is 0.249 e. The van der Waals surface area contributed by atoms with Crippen molar-refractivity contribution in [1.82, 2.24) is 14.5 Å². The Morgan fingerprint density at radius 3 is 2.34 bits per heavy atom. The first kappa shape index (κ1) is 20.9. The summed E-state index contributed by atoms with van der Waals surface area (Å²) in [5.74, 6) is 0.437. The molecule has 0 radical (unpaired) electrons. The minimum Gasteiger partial charge on any atom is -0.294 e. The van der Waals surface area contributed by atoms with Gasteiger partial charge in [0.15, 0.2) is 18.6 Å². The van der Waals surface area contributed by atoms with Crippen molar-refractivity contribution in [3.8, 4) is 11.3 Å². The normalized spacial score (nSPS) is 16.2. The van der Waals surface area contributed by atoms with Gasteiger partial charge in [-0.3, -0.25) is 14.3 Å². The molecule has 0 fully saturated rings. The van der Waals surface area contributed by atoms with Gasteiger partial charge in [-0.05, 0) is 37.8 Å². The number of hydrogen-bond donors (Lipinski definition) is 0. The predicted octanol–water partition coefficient (Wildman–Crippen LogP) is 3.73. The number of ketones is 2. The third-order valence-electron chi connectivity index (χ3n) is 7.07. The molecule has 2 heterocycles. The first-order valence-corrected chi connectivity index (χ1v) is 11.6. The second kappa shape index (κ2) is 7.54. The van der Waals surface area contributed by atoms with Crippen molar-refractivity contribution in [3.05, 3.63) is 58.5 Å². The van der Waals surface area contributed by atoms with Crippen molar-refractivity contribution >= 4 is 11.6 Å². The Kier molecular flexibility index (Phi) is 4.91. The zero-order valence-electron chi connectivity index (χ0n) is 19.4. The van der Waals surface area contributed by atoms with Gasteiger partial charge in [0.05, 0.1) is 29.2 Å². The number of carbonyl (C=O) groups is 2. The lowest BCUT2D eigenvalue weighted by Gasteiger charge is -2.27. The van der Waals surface area contributed by atoms with Crippen LogP contribution < -0.4 is 4.68 Å². The van der Waals surface area contributed by atoms with Crippen LogP contribution in [0, 0.1) is 0 Å². The number of nitrogens with zero attached hydrogens (tertiary/aromatic N) is 4. The molecule has 2 aliphatic rings. The maximum atomic E-state index is 13.0. The number of carbonyl (C=O) groups excluding carboxylic acids is 2. The average molecular weight is 432 g/mol. The summed E-state index contributed by atoms with van der Waals surface area (Å²) in [6.07, 6.45) is 4.71. The first-order valence-electron chi connectivity index (χ1n) is 11.6. The molecule has 0 spiro atoms. The molecule has 3 aromatic rings. The monoisotopic (exact) mass is 431 g/mol. The second-order valence-corrected chi connectivity index (χ2v) is 9.85. The van der Waals surface area contributed by atoms with Crippen LogP contribution in [0.15, 0.2) is 30.3 Å². The molecule has 32 heavy (non-hydrogen) atoms. The van der Waals surface area contributed by atoms with Crippen LogP contribution in [-0.2, 0) is 38.9 Å². The standard InChI is InChI=1S/C26H31N4O2/c1-26(2,25-22-18(27-28(25)3)12-8-14-20(22)31)16-30-19-13-9-15-21(32)23(19)24(29(30)4)17-10-6-5-7-11-17/h5-7,10-11H,8-9,12-16H2,1-4H3/q+1. The minimum absolute atomic E-state index is 0.210. The van der Waals surface area contributed by atoms with Crippen molar-refractivity contribution < 1.29 is 14.3 Å². The number of fused-ring (bicyclic) bond motifs is 2. The van der Waals surface area contributed by atoms with Crippen molar-refractivity contribution in [2.75, 3.05) is 0 Å². The lowest BCUT2D eigenvalue weighted by molar-refractivity contribution is -0.745. The van der Waals surface area contributed by atoms with E-state index in [2.05, 4.69) is 35.3 Å². The third kappa shape index (κ3) is 3.15. The quantitative estimate of drug-likeness (QED) is 0.592. The van der Waals surface area contributed by atoms with E-state index in [4.69, 9.17) is 5.10 Å². The molecule has 5 rings (SSSR count). The van der Waals surface area contributed by atoms with E-state index in [0.717, 1.165) is 65.1 Å². The van der Waals surface area contributed by atoms with Gasteiger partial charge in [-0.15, -0.1) is 4.68 Å². The highest BCUT2D eigenvalue weighted by atomic mass is 16.1. The fourth-order valence-corrected chi connectivity index (χ4v) is 5.76. The van der Waals surface area contributed by atoms with E-state index in [1.165, 1.54) is 0 Å². The fourth-order valence-electron chi connectivity index (χ4n) is 5.76. The SMILES string of the molecule is Cn1nc2c(c1C(C)(C)Cn1c3c(c(-c4ccccc4)[n+]1C)C(=O)CCC3)C(=O)CCC2. The Labute approximate surface area is 188 Å². The van der Waals surface area contributed by atoms with Crippen molar-refractivity contribution in [2.45, 2.75) is 64.3 Å². The van der Waals surface area contributed by atoms with Crippen LogP contribution >= 0.6 is 0 Å². The van der Waals surface area contributed by atoms with Crippen LogP contribution in [0.4, 0.5) is 0 Å². The van der Waals surface area contributed by atoms with Gasteiger partial charge in [0.25, 0.3) is 0 Å². The van der Waals surface area contributed by atoms with Gasteiger partial charge in [0.2, 0.25) is 5.69 Å². The zero-order chi connectivity index (χ0) is 22.6. The van der Waals surface area contributed by atoms with E-state index < -0.39 is 0 Å². The van der Waals surface area contributed by atoms with E-state index >= 15 is 0 Å². The number of rotatable bonds is 4. The van der Waals surface area contributed by atoms with E-state index in [0.29, 0.717) is 19.4 Å². The van der Waals surface area contributed by atoms with Crippen LogP contribution in [0.3, 0.4) is 0 Å². The Morgan fingerprint density at radius 2 is 1.62 bits per heavy atom. The lowest BCUT2D eigenvalue weighted by atomic mass is 9.82. The first-order chi connectivity index (χ1) is 15.3. The topological polar surface area (TPSA) is 60.8 Å². The van der Waals surface area contributed by atoms with Gasteiger partial charge in [0.1, 0.15) is 5.56 Å². The molecule has 6 heteroatoms. The van der Waals surface area contributed by atoms with Gasteiger partial charge in [0, 0.05) is 30.9 Å². The number of benzene rings is 1. The van der Waals surface area contributed by atoms with Crippen molar-refractivity contribution in [2.24, 2.45) is 14.1 Å². The maximum Gasteiger partial charge on any atom is 0.249 e. The highest BCUT2D eigenvalue weighted by Crippen LogP contribution is 2.36. The predicted molar refractivity (Wildman–Crippen MR) is 122 cm³/mol. The molecule has 1 aromatic carbocycles. The fraction of sp³-hybridized carbons (Fsp3) is 0.462. The maximum absolute atomic E-state index is 13.0. The van der Waals surface area contributed by atoms with Crippen LogP contribution in [0.1, 0.15) is 77.3 Å². The Morgan fingerprint density at radius 1 is 0.969 bits per heavy atom. The Bertz CT molecular complexity index is 1230. The number of hydrogen-bond acceptors (Lipinski definition) is 3. The molecule has 166 valence electrons. The molecule has 0 bridgehead atoms. The molecular formula is C26H31N4O2+. The number of Topliss-reactive ketones (excluding diaryl/α,β-unsaturated/α-hetero) is 2. The summed E-state index contributed by atoms with van der Waals surface area (Å²) in [6, 6.07) is 10.2. The Balaban J connectivity index is 1.65. The summed E-state index contributed by atoms with van der Waals surface area (Å²) in [5.41, 5.74) is 6.46. The third-order valence-corrected chi connectivity index (χ3v) is 7.07. The van der Waals surface area contributed by atoms with Gasteiger partial charge >= 0.3 is 0 Å². The average Bonchev–Trinajstić information content (AvgIpc) is 3.25. The minimum atomic E-state index is -0.332. The largest absolute Gasteiger partial charge is 0.294 e. The number of aryl methyl sites for hydroxylation is 2. The van der Waals surface area contributed by atoms with E-state index in [-0.39, 0.29) is 17.0 Å². The van der Waals surface area contributed by atoms with Crippen LogP contribution in [0.25, 0.3) is 11.3 Å². The van der Waals surface area contributed by atoms with Crippen LogP contribution in [0.2, 0.25) is 0 Å². The molecule has 0 amide bonds. The van der Waals surface area contributed by atoms with Crippen molar-refractivity contribution in [1.29, 1.82) is 0 Å². The van der Waals surface area contributed by atoms with E-state index in [1.807, 2.05) is 37.0 Å². The van der Waals surface area contributed by atoms with Gasteiger partial charge < -0.3 is 0 Å². The van der Waals surface area contributed by atoms with Crippen LogP contribution in [-0.4, -0.2) is 26.0 Å². The summed E-state index contributed by atoms with van der Waals surface area (Å²) >= 11 is 0. The highest BCUT2D eigenvalue weighted by molar-refractivity contribution is 6.02. The second-order valence-electron chi connectivity index (χ2n) is 9.85. The molecule has 2 aliphatic carbocycles. The lowest BCUT2D eigenvalue weighted by Crippen LogP contribution is -2.45. The number of aromatic nitrogens is 4. The van der Waals surface area contributed by atoms with Gasteiger partial charge in [-0.1, -0.05) is 32.0 Å². The van der Waals surface area contributed by atoms with E-state index in [1.54, 1.807) is 0 Å². The summed E-state index contributed by atoms with van der Waals surface area (Å²) in [6.45, 7) is 5.04. The molecular weight excluding hydrogens is 400 g/mol. The zero-order valence-corrected chi connectivity index (χ0v) is 19.4. The molecule has 0 saturated heterocycles. The van der Waals surface area contributed by atoms with Crippen LogP contribution in [0.5, 0.6) is 0 Å². The highest BCUT2D eigenvalue weighted by Gasteiger charge is 2.40. The van der Waals surface area contributed by atoms with Gasteiger partial charge in [-0.2, -0.15) is 9.78 Å². The molecule has 2 aromatic heterocycles. The summed E-state index contributed by atoms with van der Waals surface area (Å²) in [5, 5.41) is 4.71. The van der Waals surface area contributed by atoms with E-state index in [9.17, 15) is 9.59 Å². The summed E-state index contributed by atoms with van der Waals surface area (Å²) in [7, 11) is 4.00. The molecule has 0 aliphatic heterocycles. The molecule has 0 N–H and O–H groups in total. The van der Waals surface area contributed by atoms with Gasteiger partial charge in [-0.25, -0.2) is 0 Å². The van der Waals surface area contributed by atoms with Crippen molar-refractivity contribution in [3.63, 3.8) is 0 Å².